The summed E-state index contributed by atoms with van der Waals surface area (Å²) in [4.78, 5) is 25.4. The average molecular weight is 269 g/mol. The van der Waals surface area contributed by atoms with Crippen LogP contribution in [0.15, 0.2) is 0 Å². The lowest BCUT2D eigenvalue weighted by Gasteiger charge is -2.35. The van der Waals surface area contributed by atoms with Gasteiger partial charge in [-0.25, -0.2) is 0 Å². The van der Waals surface area contributed by atoms with Crippen molar-refractivity contribution in [3.8, 4) is 0 Å². The van der Waals surface area contributed by atoms with Crippen molar-refractivity contribution in [2.75, 3.05) is 39.3 Å². The first-order chi connectivity index (χ1) is 9.15. The summed E-state index contributed by atoms with van der Waals surface area (Å²) in [5.74, 6) is -1.27. The molecule has 1 aliphatic carbocycles. The second kappa shape index (κ2) is 6.34. The van der Waals surface area contributed by atoms with E-state index in [4.69, 9.17) is 5.11 Å². The SMILES string of the molecule is O=C(O)C1(C(=O)NCCCN2CCNCC2)CCC1. The maximum Gasteiger partial charge on any atom is 0.319 e. The van der Waals surface area contributed by atoms with E-state index in [-0.39, 0.29) is 5.91 Å². The van der Waals surface area contributed by atoms with Crippen LogP contribution in [0.25, 0.3) is 0 Å². The molecule has 0 aromatic rings. The summed E-state index contributed by atoms with van der Waals surface area (Å²) in [6.07, 6.45) is 2.67. The minimum Gasteiger partial charge on any atom is -0.480 e. The number of carboxylic acid groups (broad SMARTS) is 1. The normalized spacial score (nSPS) is 22.5. The lowest BCUT2D eigenvalue weighted by Crippen LogP contribution is -2.51. The second-order valence-electron chi connectivity index (χ2n) is 5.44. The fourth-order valence-corrected chi connectivity index (χ4v) is 2.68. The van der Waals surface area contributed by atoms with Gasteiger partial charge in [0.2, 0.25) is 5.91 Å². The third-order valence-electron chi connectivity index (χ3n) is 4.20. The Labute approximate surface area is 113 Å². The van der Waals surface area contributed by atoms with Crippen molar-refractivity contribution >= 4 is 11.9 Å². The van der Waals surface area contributed by atoms with E-state index in [0.29, 0.717) is 19.4 Å². The van der Waals surface area contributed by atoms with E-state index in [1.807, 2.05) is 0 Å². The van der Waals surface area contributed by atoms with Crippen molar-refractivity contribution < 1.29 is 14.7 Å². The highest BCUT2D eigenvalue weighted by Crippen LogP contribution is 2.41. The molecule has 1 amide bonds. The molecule has 19 heavy (non-hydrogen) atoms. The molecule has 1 heterocycles. The second-order valence-corrected chi connectivity index (χ2v) is 5.44. The molecule has 0 unspecified atom stereocenters. The zero-order chi connectivity index (χ0) is 13.7. The summed E-state index contributed by atoms with van der Waals surface area (Å²) in [5.41, 5.74) is -1.13. The highest BCUT2D eigenvalue weighted by Gasteiger charge is 2.50. The van der Waals surface area contributed by atoms with Crippen LogP contribution < -0.4 is 10.6 Å². The predicted molar refractivity (Wildman–Crippen MR) is 70.9 cm³/mol. The Morgan fingerprint density at radius 3 is 2.47 bits per heavy atom. The van der Waals surface area contributed by atoms with Gasteiger partial charge in [-0.15, -0.1) is 0 Å². The zero-order valence-electron chi connectivity index (χ0n) is 11.3. The number of carbonyl (C=O) groups excluding carboxylic acids is 1. The van der Waals surface area contributed by atoms with Crippen LogP contribution in [0.1, 0.15) is 25.7 Å². The van der Waals surface area contributed by atoms with Crippen LogP contribution in [0.3, 0.4) is 0 Å². The van der Waals surface area contributed by atoms with E-state index in [9.17, 15) is 9.59 Å². The topological polar surface area (TPSA) is 81.7 Å². The van der Waals surface area contributed by atoms with Crippen LogP contribution in [0, 0.1) is 5.41 Å². The number of hydrogen-bond donors (Lipinski definition) is 3. The minimum atomic E-state index is -1.13. The number of nitrogens with zero attached hydrogens (tertiary/aromatic N) is 1. The molecule has 3 N–H and O–H groups in total. The van der Waals surface area contributed by atoms with Crippen LogP contribution >= 0.6 is 0 Å². The number of rotatable bonds is 6. The molecule has 2 rings (SSSR count). The molecule has 2 fully saturated rings. The van der Waals surface area contributed by atoms with E-state index < -0.39 is 11.4 Å². The van der Waals surface area contributed by atoms with Gasteiger partial charge in [0.1, 0.15) is 5.41 Å². The molecule has 1 saturated heterocycles. The third kappa shape index (κ3) is 3.25. The average Bonchev–Trinajstić information content (AvgIpc) is 2.34. The largest absolute Gasteiger partial charge is 0.480 e. The molecule has 0 spiro atoms. The van der Waals surface area contributed by atoms with Crippen molar-refractivity contribution in [3.63, 3.8) is 0 Å². The maximum absolute atomic E-state index is 11.9. The van der Waals surface area contributed by atoms with Gasteiger partial charge in [-0.3, -0.25) is 9.59 Å². The molecule has 2 aliphatic rings. The number of piperazine rings is 1. The van der Waals surface area contributed by atoms with Gasteiger partial charge < -0.3 is 20.6 Å². The van der Waals surface area contributed by atoms with E-state index in [1.54, 1.807) is 0 Å². The summed E-state index contributed by atoms with van der Waals surface area (Å²) in [7, 11) is 0. The van der Waals surface area contributed by atoms with E-state index in [0.717, 1.165) is 45.6 Å². The fourth-order valence-electron chi connectivity index (χ4n) is 2.68. The van der Waals surface area contributed by atoms with Crippen molar-refractivity contribution in [1.29, 1.82) is 0 Å². The summed E-state index contributed by atoms with van der Waals surface area (Å²) in [6.45, 7) is 5.67. The molecule has 6 heteroatoms. The zero-order valence-corrected chi connectivity index (χ0v) is 11.3. The maximum atomic E-state index is 11.9. The molecule has 1 saturated carbocycles. The van der Waals surface area contributed by atoms with Gasteiger partial charge in [-0.1, -0.05) is 6.42 Å². The molecule has 108 valence electrons. The Morgan fingerprint density at radius 1 is 1.26 bits per heavy atom. The summed E-state index contributed by atoms with van der Waals surface area (Å²) >= 11 is 0. The number of carboxylic acids is 1. The Bertz CT molecular complexity index is 336. The minimum absolute atomic E-state index is 0.299. The van der Waals surface area contributed by atoms with Gasteiger partial charge in [-0.2, -0.15) is 0 Å². The lowest BCUT2D eigenvalue weighted by molar-refractivity contribution is -0.162. The molecule has 0 radical (unpaired) electrons. The molecule has 0 bridgehead atoms. The number of hydrogen-bond acceptors (Lipinski definition) is 4. The Hall–Kier alpha value is -1.14. The number of carbonyl (C=O) groups is 2. The van der Waals surface area contributed by atoms with Gasteiger partial charge in [0.05, 0.1) is 0 Å². The van der Waals surface area contributed by atoms with E-state index in [1.165, 1.54) is 0 Å². The van der Waals surface area contributed by atoms with Crippen LogP contribution in [0.2, 0.25) is 0 Å². The first kappa shape index (κ1) is 14.3. The summed E-state index contributed by atoms with van der Waals surface area (Å²) in [5, 5.41) is 15.2. The first-order valence-corrected chi connectivity index (χ1v) is 7.10. The molecule has 0 aromatic carbocycles. The highest BCUT2D eigenvalue weighted by atomic mass is 16.4. The van der Waals surface area contributed by atoms with Gasteiger partial charge in [0.15, 0.2) is 0 Å². The summed E-state index contributed by atoms with van der Waals surface area (Å²) in [6, 6.07) is 0. The van der Waals surface area contributed by atoms with Gasteiger partial charge in [0.25, 0.3) is 0 Å². The van der Waals surface area contributed by atoms with Crippen LogP contribution in [-0.4, -0.2) is 61.2 Å². The van der Waals surface area contributed by atoms with Gasteiger partial charge in [-0.05, 0) is 25.8 Å². The Balaban J connectivity index is 1.65. The highest BCUT2D eigenvalue weighted by molar-refractivity contribution is 6.02. The third-order valence-corrected chi connectivity index (χ3v) is 4.20. The Morgan fingerprint density at radius 2 is 1.95 bits per heavy atom. The van der Waals surface area contributed by atoms with Gasteiger partial charge >= 0.3 is 5.97 Å². The monoisotopic (exact) mass is 269 g/mol. The molecule has 0 aromatic heterocycles. The molecule has 1 aliphatic heterocycles. The molecule has 6 nitrogen and oxygen atoms in total. The van der Waals surface area contributed by atoms with Crippen molar-refractivity contribution in [2.45, 2.75) is 25.7 Å². The van der Waals surface area contributed by atoms with Crippen molar-refractivity contribution in [1.82, 2.24) is 15.5 Å². The van der Waals surface area contributed by atoms with Crippen LogP contribution in [-0.2, 0) is 9.59 Å². The van der Waals surface area contributed by atoms with Gasteiger partial charge in [0, 0.05) is 32.7 Å². The predicted octanol–water partition coefficient (Wildman–Crippen LogP) is -0.347. The van der Waals surface area contributed by atoms with E-state index >= 15 is 0 Å². The molecular weight excluding hydrogens is 246 g/mol. The van der Waals surface area contributed by atoms with Crippen LogP contribution in [0.4, 0.5) is 0 Å². The van der Waals surface area contributed by atoms with Crippen molar-refractivity contribution in [3.05, 3.63) is 0 Å². The standard InChI is InChI=1S/C13H23N3O3/c17-11(13(12(18)19)3-1-4-13)15-5-2-8-16-9-6-14-7-10-16/h14H,1-10H2,(H,15,17)(H,18,19). The Kier molecular flexibility index (Phi) is 4.76. The molecular formula is C13H23N3O3. The smallest absolute Gasteiger partial charge is 0.319 e. The van der Waals surface area contributed by atoms with Crippen LogP contribution in [0.5, 0.6) is 0 Å². The lowest BCUT2D eigenvalue weighted by atomic mass is 9.68. The number of aliphatic carboxylic acids is 1. The van der Waals surface area contributed by atoms with Crippen molar-refractivity contribution in [2.24, 2.45) is 5.41 Å². The number of nitrogens with one attached hydrogen (secondary N) is 2. The summed E-state index contributed by atoms with van der Waals surface area (Å²) < 4.78 is 0. The fraction of sp³-hybridized carbons (Fsp3) is 0.846. The first-order valence-electron chi connectivity index (χ1n) is 7.10. The quantitative estimate of drug-likeness (QED) is 0.454. The molecule has 0 atom stereocenters. The van der Waals surface area contributed by atoms with E-state index in [2.05, 4.69) is 15.5 Å². The number of amides is 1.